The highest BCUT2D eigenvalue weighted by Crippen LogP contribution is 2.17. The zero-order valence-corrected chi connectivity index (χ0v) is 8.92. The summed E-state index contributed by atoms with van der Waals surface area (Å²) in [6.07, 6.45) is 3.95. The topological polar surface area (TPSA) is 41.2 Å². The maximum absolute atomic E-state index is 10.7. The Morgan fingerprint density at radius 3 is 2.38 bits per heavy atom. The number of pyridine rings is 1. The second kappa shape index (κ2) is 4.14. The molecule has 2 rings (SSSR count). The molecular weight excluding hydrogens is 202 g/mol. The number of carboxylic acids is 1. The second-order valence-electron chi connectivity index (χ2n) is 3.64. The zero-order chi connectivity index (χ0) is 11.5. The number of aryl methyl sites for hydroxylation is 1. The van der Waals surface area contributed by atoms with E-state index >= 15 is 0 Å². The van der Waals surface area contributed by atoms with Gasteiger partial charge in [0, 0.05) is 11.6 Å². The molecule has 0 atom stereocenters. The minimum Gasteiger partial charge on any atom is -0.478 e. The number of aromatic carboxylic acids is 1. The molecule has 1 aromatic carbocycles. The fourth-order valence-electron chi connectivity index (χ4n) is 1.56. The highest BCUT2D eigenvalue weighted by Gasteiger charge is 2.04. The van der Waals surface area contributed by atoms with Crippen LogP contribution in [0.15, 0.2) is 48.8 Å². The summed E-state index contributed by atoms with van der Waals surface area (Å²) in [6.45, 7) is 0. The molecule has 0 amide bonds. The SMILES string of the molecule is C[n+]1cccc(-c2ccc(C(=O)O)cc2)c1. The van der Waals surface area contributed by atoms with Crippen LogP contribution in [0.1, 0.15) is 10.4 Å². The molecule has 80 valence electrons. The monoisotopic (exact) mass is 214 g/mol. The molecule has 0 saturated carbocycles. The molecule has 1 N–H and O–H groups in total. The third-order valence-corrected chi connectivity index (χ3v) is 2.40. The molecule has 3 heteroatoms. The molecule has 0 unspecified atom stereocenters. The molecule has 0 fully saturated rings. The van der Waals surface area contributed by atoms with Crippen molar-refractivity contribution in [2.75, 3.05) is 0 Å². The Balaban J connectivity index is 2.38. The van der Waals surface area contributed by atoms with Crippen LogP contribution in [0.4, 0.5) is 0 Å². The normalized spacial score (nSPS) is 10.1. The third kappa shape index (κ3) is 2.08. The fourth-order valence-corrected chi connectivity index (χ4v) is 1.56. The van der Waals surface area contributed by atoms with Gasteiger partial charge < -0.3 is 5.11 Å². The number of aromatic nitrogens is 1. The van der Waals surface area contributed by atoms with Crippen LogP contribution in [-0.2, 0) is 7.05 Å². The van der Waals surface area contributed by atoms with Gasteiger partial charge in [0.05, 0.1) is 5.56 Å². The largest absolute Gasteiger partial charge is 0.478 e. The van der Waals surface area contributed by atoms with Crippen LogP contribution >= 0.6 is 0 Å². The molecule has 0 spiro atoms. The van der Waals surface area contributed by atoms with E-state index in [2.05, 4.69) is 0 Å². The number of nitrogens with zero attached hydrogens (tertiary/aromatic N) is 1. The van der Waals surface area contributed by atoms with E-state index in [9.17, 15) is 4.79 Å². The van der Waals surface area contributed by atoms with Crippen molar-refractivity contribution in [2.24, 2.45) is 7.05 Å². The summed E-state index contributed by atoms with van der Waals surface area (Å²) in [5.74, 6) is -0.898. The molecule has 2 aromatic rings. The Bertz CT molecular complexity index is 518. The van der Waals surface area contributed by atoms with Crippen molar-refractivity contribution < 1.29 is 14.5 Å². The Labute approximate surface area is 93.6 Å². The first-order chi connectivity index (χ1) is 7.66. The molecule has 0 saturated heterocycles. The van der Waals surface area contributed by atoms with E-state index in [0.717, 1.165) is 11.1 Å². The summed E-state index contributed by atoms with van der Waals surface area (Å²) in [5, 5.41) is 8.79. The predicted molar refractivity (Wildman–Crippen MR) is 60.0 cm³/mol. The molecule has 16 heavy (non-hydrogen) atoms. The number of hydrogen-bond donors (Lipinski definition) is 1. The van der Waals surface area contributed by atoms with E-state index in [1.165, 1.54) is 0 Å². The van der Waals surface area contributed by atoms with E-state index in [1.54, 1.807) is 12.1 Å². The Kier molecular flexibility index (Phi) is 2.68. The molecule has 0 aliphatic heterocycles. The fraction of sp³-hybridized carbons (Fsp3) is 0.0769. The van der Waals surface area contributed by atoms with Gasteiger partial charge in [0.15, 0.2) is 12.4 Å². The van der Waals surface area contributed by atoms with E-state index in [1.807, 2.05) is 48.3 Å². The summed E-state index contributed by atoms with van der Waals surface area (Å²) in [7, 11) is 1.95. The molecule has 0 radical (unpaired) electrons. The minimum absolute atomic E-state index is 0.309. The molecule has 0 aliphatic rings. The molecule has 1 heterocycles. The van der Waals surface area contributed by atoms with Crippen LogP contribution in [0, 0.1) is 0 Å². The Morgan fingerprint density at radius 2 is 1.81 bits per heavy atom. The standard InChI is InChI=1S/C13H11NO2/c1-14-8-2-3-12(9-14)10-4-6-11(7-5-10)13(15)16/h2-9H,1H3/p+1. The lowest BCUT2D eigenvalue weighted by Gasteiger charge is -2.00. The molecule has 0 aliphatic carbocycles. The summed E-state index contributed by atoms with van der Waals surface area (Å²) in [5.41, 5.74) is 2.40. The number of carbonyl (C=O) groups is 1. The average Bonchev–Trinajstić information content (AvgIpc) is 2.29. The molecule has 3 nitrogen and oxygen atoms in total. The number of rotatable bonds is 2. The highest BCUT2D eigenvalue weighted by molar-refractivity contribution is 5.88. The van der Waals surface area contributed by atoms with Gasteiger partial charge in [-0.25, -0.2) is 9.36 Å². The smallest absolute Gasteiger partial charge is 0.335 e. The van der Waals surface area contributed by atoms with Gasteiger partial charge in [0.2, 0.25) is 0 Å². The van der Waals surface area contributed by atoms with Crippen molar-refractivity contribution in [3.8, 4) is 11.1 Å². The third-order valence-electron chi connectivity index (χ3n) is 2.40. The van der Waals surface area contributed by atoms with Crippen LogP contribution in [0.25, 0.3) is 11.1 Å². The molecule has 0 bridgehead atoms. The van der Waals surface area contributed by atoms with Crippen molar-refractivity contribution in [1.82, 2.24) is 0 Å². The van der Waals surface area contributed by atoms with Crippen LogP contribution in [0.3, 0.4) is 0 Å². The lowest BCUT2D eigenvalue weighted by Crippen LogP contribution is -2.26. The summed E-state index contributed by atoms with van der Waals surface area (Å²) in [4.78, 5) is 10.7. The van der Waals surface area contributed by atoms with Crippen LogP contribution < -0.4 is 4.57 Å². The maximum Gasteiger partial charge on any atom is 0.335 e. The summed E-state index contributed by atoms with van der Waals surface area (Å²) < 4.78 is 1.96. The first kappa shape index (κ1) is 10.4. The van der Waals surface area contributed by atoms with E-state index in [-0.39, 0.29) is 0 Å². The quantitative estimate of drug-likeness (QED) is 0.775. The van der Waals surface area contributed by atoms with Crippen LogP contribution in [0.5, 0.6) is 0 Å². The van der Waals surface area contributed by atoms with E-state index in [4.69, 9.17) is 5.11 Å². The first-order valence-electron chi connectivity index (χ1n) is 4.96. The van der Waals surface area contributed by atoms with Crippen molar-refractivity contribution in [3.63, 3.8) is 0 Å². The van der Waals surface area contributed by atoms with Gasteiger partial charge >= 0.3 is 5.97 Å². The summed E-state index contributed by atoms with van der Waals surface area (Å²) >= 11 is 0. The van der Waals surface area contributed by atoms with Crippen molar-refractivity contribution in [2.45, 2.75) is 0 Å². The minimum atomic E-state index is -0.898. The number of carboxylic acid groups (broad SMARTS) is 1. The Hall–Kier alpha value is -2.16. The van der Waals surface area contributed by atoms with Gasteiger partial charge in [-0.05, 0) is 23.8 Å². The van der Waals surface area contributed by atoms with Crippen molar-refractivity contribution >= 4 is 5.97 Å². The van der Waals surface area contributed by atoms with Crippen LogP contribution in [0.2, 0.25) is 0 Å². The van der Waals surface area contributed by atoms with Gasteiger partial charge in [-0.3, -0.25) is 0 Å². The average molecular weight is 214 g/mol. The van der Waals surface area contributed by atoms with E-state index in [0.29, 0.717) is 5.56 Å². The van der Waals surface area contributed by atoms with Gasteiger partial charge in [-0.2, -0.15) is 0 Å². The number of benzene rings is 1. The summed E-state index contributed by atoms with van der Waals surface area (Å²) in [6, 6.07) is 10.8. The van der Waals surface area contributed by atoms with Gasteiger partial charge in [0.1, 0.15) is 7.05 Å². The van der Waals surface area contributed by atoms with E-state index < -0.39 is 5.97 Å². The Morgan fingerprint density at radius 1 is 1.12 bits per heavy atom. The lowest BCUT2D eigenvalue weighted by atomic mass is 10.1. The van der Waals surface area contributed by atoms with Gasteiger partial charge in [-0.15, -0.1) is 0 Å². The van der Waals surface area contributed by atoms with Gasteiger partial charge in [-0.1, -0.05) is 12.1 Å². The highest BCUT2D eigenvalue weighted by atomic mass is 16.4. The second-order valence-corrected chi connectivity index (χ2v) is 3.64. The lowest BCUT2D eigenvalue weighted by molar-refractivity contribution is -0.671. The van der Waals surface area contributed by atoms with Crippen molar-refractivity contribution in [3.05, 3.63) is 54.4 Å². The molecule has 1 aromatic heterocycles. The number of hydrogen-bond acceptors (Lipinski definition) is 1. The maximum atomic E-state index is 10.7. The predicted octanol–water partition coefficient (Wildman–Crippen LogP) is 1.88. The first-order valence-corrected chi connectivity index (χ1v) is 4.96. The molecular formula is C13H12NO2+. The zero-order valence-electron chi connectivity index (χ0n) is 8.92. The van der Waals surface area contributed by atoms with Crippen molar-refractivity contribution in [1.29, 1.82) is 0 Å². The van der Waals surface area contributed by atoms with Crippen LogP contribution in [-0.4, -0.2) is 11.1 Å². The van der Waals surface area contributed by atoms with Gasteiger partial charge in [0.25, 0.3) is 0 Å².